The van der Waals surface area contributed by atoms with Crippen LogP contribution in [0.1, 0.15) is 16.9 Å². The van der Waals surface area contributed by atoms with E-state index in [0.717, 1.165) is 0 Å². The van der Waals surface area contributed by atoms with E-state index in [1.807, 2.05) is 0 Å². The van der Waals surface area contributed by atoms with Crippen LogP contribution in [0.5, 0.6) is 0 Å². The number of hydrogen-bond donors (Lipinski definition) is 3. The third-order valence-corrected chi connectivity index (χ3v) is 2.69. The minimum atomic E-state index is -1.13. The number of rotatable bonds is 3. The van der Waals surface area contributed by atoms with Crippen LogP contribution >= 0.6 is 0 Å². The Bertz CT molecular complexity index is 470. The van der Waals surface area contributed by atoms with Gasteiger partial charge < -0.3 is 15.3 Å². The monoisotopic (exact) mass is 252 g/mol. The maximum Gasteiger partial charge on any atom is 0.305 e. The Morgan fingerprint density at radius 3 is 2.94 bits per heavy atom. The van der Waals surface area contributed by atoms with Crippen molar-refractivity contribution in [1.82, 2.24) is 20.4 Å². The van der Waals surface area contributed by atoms with Crippen LogP contribution in [0.3, 0.4) is 0 Å². The third-order valence-electron chi connectivity index (χ3n) is 2.69. The molecule has 3 N–H and O–H groups in total. The van der Waals surface area contributed by atoms with Crippen molar-refractivity contribution in [3.8, 4) is 0 Å². The molecule has 0 radical (unpaired) electrons. The Morgan fingerprint density at radius 1 is 1.56 bits per heavy atom. The van der Waals surface area contributed by atoms with Crippen LogP contribution in [-0.4, -0.2) is 57.1 Å². The molecule has 0 aliphatic carbocycles. The van der Waals surface area contributed by atoms with E-state index in [4.69, 9.17) is 5.11 Å². The van der Waals surface area contributed by atoms with Gasteiger partial charge in [-0.15, -0.1) is 0 Å². The molecule has 1 unspecified atom stereocenters. The summed E-state index contributed by atoms with van der Waals surface area (Å²) in [6.07, 6.45) is 1.01. The molecule has 1 saturated heterocycles. The lowest BCUT2D eigenvalue weighted by Crippen LogP contribution is -2.57. The summed E-state index contributed by atoms with van der Waals surface area (Å²) < 4.78 is 0. The van der Waals surface area contributed by atoms with E-state index in [-0.39, 0.29) is 12.2 Å². The topological polar surface area (TPSA) is 115 Å². The average molecular weight is 252 g/mol. The molecule has 2 rings (SSSR count). The number of nitrogens with zero attached hydrogens (tertiary/aromatic N) is 2. The Morgan fingerprint density at radius 2 is 2.33 bits per heavy atom. The maximum absolute atomic E-state index is 12.1. The molecule has 1 aromatic rings. The van der Waals surface area contributed by atoms with Crippen molar-refractivity contribution in [2.24, 2.45) is 0 Å². The van der Waals surface area contributed by atoms with Crippen molar-refractivity contribution >= 4 is 17.8 Å². The summed E-state index contributed by atoms with van der Waals surface area (Å²) in [7, 11) is 0. The van der Waals surface area contributed by atoms with Crippen molar-refractivity contribution in [3.05, 3.63) is 18.0 Å². The van der Waals surface area contributed by atoms with Gasteiger partial charge in [-0.2, -0.15) is 5.10 Å². The molecule has 1 fully saturated rings. The predicted octanol–water partition coefficient (Wildman–Crippen LogP) is -1.17. The average Bonchev–Trinajstić information content (AvgIpc) is 2.84. The highest BCUT2D eigenvalue weighted by Crippen LogP contribution is 2.12. The number of carbonyl (C=O) groups is 3. The number of nitrogens with one attached hydrogen (secondary N) is 2. The molecule has 18 heavy (non-hydrogen) atoms. The summed E-state index contributed by atoms with van der Waals surface area (Å²) >= 11 is 0. The molecule has 1 atom stereocenters. The van der Waals surface area contributed by atoms with E-state index < -0.39 is 30.2 Å². The molecule has 1 aliphatic heterocycles. The molecule has 0 aromatic carbocycles. The molecule has 96 valence electrons. The highest BCUT2D eigenvalue weighted by molar-refractivity contribution is 5.97. The summed E-state index contributed by atoms with van der Waals surface area (Å²) in [6, 6.07) is 0.499. The second-order valence-corrected chi connectivity index (χ2v) is 3.87. The lowest BCUT2D eigenvalue weighted by molar-refractivity contribution is -0.142. The number of hydrogen-bond acceptors (Lipinski definition) is 4. The molecule has 0 saturated carbocycles. The second kappa shape index (κ2) is 4.86. The molecule has 8 heteroatoms. The van der Waals surface area contributed by atoms with Crippen LogP contribution in [-0.2, 0) is 9.59 Å². The fraction of sp³-hybridized carbons (Fsp3) is 0.400. The highest BCUT2D eigenvalue weighted by Gasteiger charge is 2.35. The maximum atomic E-state index is 12.1. The smallest absolute Gasteiger partial charge is 0.305 e. The van der Waals surface area contributed by atoms with Crippen molar-refractivity contribution in [2.45, 2.75) is 12.5 Å². The number of amides is 2. The molecule has 2 amide bonds. The van der Waals surface area contributed by atoms with Crippen molar-refractivity contribution in [1.29, 1.82) is 0 Å². The molecular weight excluding hydrogens is 240 g/mol. The number of aromatic amines is 1. The van der Waals surface area contributed by atoms with Gasteiger partial charge in [0.15, 0.2) is 0 Å². The first kappa shape index (κ1) is 12.1. The third kappa shape index (κ3) is 2.31. The molecule has 0 spiro atoms. The number of carboxylic acids is 1. The van der Waals surface area contributed by atoms with Crippen LogP contribution in [0.25, 0.3) is 0 Å². The number of carbonyl (C=O) groups excluding carboxylic acids is 2. The molecule has 0 bridgehead atoms. The summed E-state index contributed by atoms with van der Waals surface area (Å²) in [6.45, 7) is 0.594. The van der Waals surface area contributed by atoms with E-state index in [2.05, 4.69) is 15.5 Å². The van der Waals surface area contributed by atoms with E-state index >= 15 is 0 Å². The second-order valence-electron chi connectivity index (χ2n) is 3.87. The zero-order valence-electron chi connectivity index (χ0n) is 9.42. The minimum absolute atomic E-state index is 0.236. The van der Waals surface area contributed by atoms with Gasteiger partial charge in [0.1, 0.15) is 11.7 Å². The van der Waals surface area contributed by atoms with Crippen molar-refractivity contribution < 1.29 is 19.5 Å². The first-order chi connectivity index (χ1) is 8.59. The van der Waals surface area contributed by atoms with Crippen molar-refractivity contribution in [2.75, 3.05) is 13.1 Å². The quantitative estimate of drug-likeness (QED) is 0.626. The van der Waals surface area contributed by atoms with Crippen LogP contribution < -0.4 is 5.32 Å². The number of aromatic nitrogens is 2. The number of piperazine rings is 1. The van der Waals surface area contributed by atoms with Crippen LogP contribution in [0.4, 0.5) is 0 Å². The largest absolute Gasteiger partial charge is 0.481 e. The molecule has 1 aromatic heterocycles. The van der Waals surface area contributed by atoms with Crippen LogP contribution in [0.2, 0.25) is 0 Å². The molecule has 8 nitrogen and oxygen atoms in total. The molecular formula is C10H12N4O4. The first-order valence-electron chi connectivity index (χ1n) is 5.39. The van der Waals surface area contributed by atoms with E-state index in [0.29, 0.717) is 6.54 Å². The van der Waals surface area contributed by atoms with E-state index in [1.165, 1.54) is 17.2 Å². The van der Waals surface area contributed by atoms with Gasteiger partial charge in [-0.1, -0.05) is 0 Å². The molecule has 2 heterocycles. The van der Waals surface area contributed by atoms with E-state index in [9.17, 15) is 14.4 Å². The summed E-state index contributed by atoms with van der Waals surface area (Å²) in [4.78, 5) is 35.7. The predicted molar refractivity (Wildman–Crippen MR) is 58.7 cm³/mol. The lowest BCUT2D eigenvalue weighted by atomic mass is 10.1. The Balaban J connectivity index is 2.20. The van der Waals surface area contributed by atoms with Gasteiger partial charge in [0.2, 0.25) is 5.91 Å². The van der Waals surface area contributed by atoms with Crippen molar-refractivity contribution in [3.63, 3.8) is 0 Å². The summed E-state index contributed by atoms with van der Waals surface area (Å²) in [5.74, 6) is -2.00. The Hall–Kier alpha value is -2.38. The first-order valence-corrected chi connectivity index (χ1v) is 5.39. The minimum Gasteiger partial charge on any atom is -0.481 e. The summed E-state index contributed by atoms with van der Waals surface area (Å²) in [5.41, 5.74) is 0.236. The van der Waals surface area contributed by atoms with Gasteiger partial charge in [0, 0.05) is 19.3 Å². The number of carboxylic acid groups (broad SMARTS) is 1. The van der Waals surface area contributed by atoms with Gasteiger partial charge in [0.05, 0.1) is 6.42 Å². The fourth-order valence-corrected chi connectivity index (χ4v) is 1.86. The van der Waals surface area contributed by atoms with Gasteiger partial charge in [-0.3, -0.25) is 19.5 Å². The van der Waals surface area contributed by atoms with Gasteiger partial charge in [0.25, 0.3) is 5.91 Å². The zero-order valence-corrected chi connectivity index (χ0v) is 9.42. The van der Waals surface area contributed by atoms with Gasteiger partial charge in [-0.25, -0.2) is 0 Å². The fourth-order valence-electron chi connectivity index (χ4n) is 1.86. The lowest BCUT2D eigenvalue weighted by Gasteiger charge is -2.33. The number of H-pyrrole nitrogens is 1. The van der Waals surface area contributed by atoms with Gasteiger partial charge in [-0.05, 0) is 6.07 Å². The van der Waals surface area contributed by atoms with Crippen LogP contribution in [0, 0.1) is 0 Å². The standard InChI is InChI=1S/C10H12N4O4/c15-8(16)5-7-9(17)11-3-4-14(7)10(18)6-1-2-12-13-6/h1-2,7H,3-5H2,(H,11,17)(H,12,13)(H,15,16). The van der Waals surface area contributed by atoms with Gasteiger partial charge >= 0.3 is 5.97 Å². The number of aliphatic carboxylic acids is 1. The van der Waals surface area contributed by atoms with E-state index in [1.54, 1.807) is 0 Å². The Labute approximate surface area is 102 Å². The SMILES string of the molecule is O=C(O)CC1C(=O)NCCN1C(=O)c1ccn[nH]1. The Kier molecular flexibility index (Phi) is 3.26. The highest BCUT2D eigenvalue weighted by atomic mass is 16.4. The molecule has 1 aliphatic rings. The van der Waals surface area contributed by atoms with Crippen LogP contribution in [0.15, 0.2) is 12.3 Å². The normalized spacial score (nSPS) is 19.4. The summed E-state index contributed by atoms with van der Waals surface area (Å²) in [5, 5.41) is 17.5. The zero-order chi connectivity index (χ0) is 13.1.